The number of nitrogens with zero attached hydrogens (tertiary/aromatic N) is 3. The molecule has 0 aliphatic carbocycles. The van der Waals surface area contributed by atoms with Crippen LogP contribution in [-0.4, -0.2) is 20.8 Å². The topological polar surface area (TPSA) is 71.3 Å². The van der Waals surface area contributed by atoms with Gasteiger partial charge in [-0.2, -0.15) is 13.2 Å². The Bertz CT molecular complexity index is 1310. The zero-order chi connectivity index (χ0) is 25.5. The van der Waals surface area contributed by atoms with Crippen LogP contribution in [0.4, 0.5) is 13.2 Å². The number of hydrogen-bond acceptors (Lipinski definition) is 5. The lowest BCUT2D eigenvalue weighted by Crippen LogP contribution is -2.24. The number of benzene rings is 2. The van der Waals surface area contributed by atoms with E-state index in [-0.39, 0.29) is 24.7 Å². The van der Waals surface area contributed by atoms with Gasteiger partial charge >= 0.3 is 6.18 Å². The predicted molar refractivity (Wildman–Crippen MR) is 127 cm³/mol. The first-order valence-electron chi connectivity index (χ1n) is 11.3. The van der Waals surface area contributed by atoms with Gasteiger partial charge in [-0.3, -0.25) is 14.7 Å². The molecule has 0 unspecified atom stereocenters. The van der Waals surface area contributed by atoms with E-state index >= 15 is 0 Å². The molecule has 2 heterocycles. The molecule has 0 atom stereocenters. The largest absolute Gasteiger partial charge is 0.447 e. The van der Waals surface area contributed by atoms with Crippen LogP contribution in [0.5, 0.6) is 0 Å². The van der Waals surface area contributed by atoms with Crippen molar-refractivity contribution in [3.63, 3.8) is 0 Å². The van der Waals surface area contributed by atoms with E-state index in [9.17, 15) is 18.0 Å². The standard InChI is InChI=1S/C27H25F3N4O2/c1-19-4-2-5-21(12-19)15-34(16-22-6-3-7-23(13-22)27(28,29)30)17-25-33-24(18-36-25)26(35)32-14-20-8-10-31-11-9-20/h2-13,18H,14-17H2,1H3,(H,32,35). The Hall–Kier alpha value is -3.98. The van der Waals surface area contributed by atoms with Crippen LogP contribution in [0.15, 0.2) is 83.7 Å². The highest BCUT2D eigenvalue weighted by atomic mass is 19.4. The second-order valence-electron chi connectivity index (χ2n) is 8.50. The summed E-state index contributed by atoms with van der Waals surface area (Å²) in [5.41, 5.74) is 2.93. The number of carbonyl (C=O) groups excluding carboxylic acids is 1. The molecular formula is C27H25F3N4O2. The summed E-state index contributed by atoms with van der Waals surface area (Å²) in [4.78, 5) is 22.7. The number of oxazole rings is 1. The molecule has 2 aromatic heterocycles. The third kappa shape index (κ3) is 7.02. The minimum absolute atomic E-state index is 0.133. The quantitative estimate of drug-likeness (QED) is 0.331. The summed E-state index contributed by atoms with van der Waals surface area (Å²) in [6, 6.07) is 16.7. The van der Waals surface area contributed by atoms with Crippen LogP contribution in [0.25, 0.3) is 0 Å². The third-order valence-corrected chi connectivity index (χ3v) is 5.49. The first kappa shape index (κ1) is 25.1. The van der Waals surface area contributed by atoms with E-state index in [1.807, 2.05) is 36.1 Å². The van der Waals surface area contributed by atoms with Crippen molar-refractivity contribution in [2.45, 2.75) is 39.3 Å². The maximum Gasteiger partial charge on any atom is 0.416 e. The molecule has 186 valence electrons. The second-order valence-corrected chi connectivity index (χ2v) is 8.50. The Morgan fingerprint density at radius 1 is 0.944 bits per heavy atom. The molecule has 0 aliphatic heterocycles. The van der Waals surface area contributed by atoms with Gasteiger partial charge in [0.25, 0.3) is 5.91 Å². The van der Waals surface area contributed by atoms with Crippen LogP contribution in [0, 0.1) is 6.92 Å². The van der Waals surface area contributed by atoms with Crippen molar-refractivity contribution in [2.75, 3.05) is 0 Å². The summed E-state index contributed by atoms with van der Waals surface area (Å²) in [5.74, 6) is -0.0892. The molecule has 0 bridgehead atoms. The smallest absolute Gasteiger partial charge is 0.416 e. The van der Waals surface area contributed by atoms with E-state index in [0.29, 0.717) is 24.5 Å². The van der Waals surface area contributed by atoms with Gasteiger partial charge in [-0.1, -0.05) is 48.0 Å². The lowest BCUT2D eigenvalue weighted by atomic mass is 10.1. The Kier molecular flexibility index (Phi) is 7.80. The molecule has 0 aliphatic rings. The lowest BCUT2D eigenvalue weighted by molar-refractivity contribution is -0.137. The minimum Gasteiger partial charge on any atom is -0.447 e. The van der Waals surface area contributed by atoms with Crippen LogP contribution in [0.1, 0.15) is 44.2 Å². The van der Waals surface area contributed by atoms with E-state index in [0.717, 1.165) is 28.8 Å². The molecule has 4 rings (SSSR count). The summed E-state index contributed by atoms with van der Waals surface area (Å²) in [5, 5.41) is 2.78. The predicted octanol–water partition coefficient (Wildman–Crippen LogP) is 5.53. The van der Waals surface area contributed by atoms with Crippen molar-refractivity contribution >= 4 is 5.91 Å². The summed E-state index contributed by atoms with van der Waals surface area (Å²) in [6.07, 6.45) is 0.149. The van der Waals surface area contributed by atoms with Crippen molar-refractivity contribution in [3.05, 3.63) is 119 Å². The number of aryl methyl sites for hydroxylation is 1. The first-order chi connectivity index (χ1) is 17.3. The van der Waals surface area contributed by atoms with Gasteiger partial charge in [-0.25, -0.2) is 4.98 Å². The highest BCUT2D eigenvalue weighted by Crippen LogP contribution is 2.30. The van der Waals surface area contributed by atoms with E-state index in [2.05, 4.69) is 15.3 Å². The number of rotatable bonds is 9. The van der Waals surface area contributed by atoms with E-state index in [1.54, 1.807) is 30.6 Å². The van der Waals surface area contributed by atoms with E-state index in [1.165, 1.54) is 12.3 Å². The first-order valence-corrected chi connectivity index (χ1v) is 11.3. The molecule has 2 aromatic carbocycles. The van der Waals surface area contributed by atoms with E-state index in [4.69, 9.17) is 4.42 Å². The Balaban J connectivity index is 1.48. The van der Waals surface area contributed by atoms with Crippen LogP contribution in [0.2, 0.25) is 0 Å². The number of aromatic nitrogens is 2. The second kappa shape index (κ2) is 11.2. The molecule has 0 saturated heterocycles. The van der Waals surface area contributed by atoms with Gasteiger partial charge < -0.3 is 9.73 Å². The number of halogens is 3. The molecule has 36 heavy (non-hydrogen) atoms. The van der Waals surface area contributed by atoms with Crippen molar-refractivity contribution in [2.24, 2.45) is 0 Å². The maximum atomic E-state index is 13.2. The number of nitrogens with one attached hydrogen (secondary N) is 1. The molecule has 0 fully saturated rings. The number of alkyl halides is 3. The summed E-state index contributed by atoms with van der Waals surface area (Å²) in [6.45, 7) is 3.21. The van der Waals surface area contributed by atoms with Crippen LogP contribution < -0.4 is 5.32 Å². The van der Waals surface area contributed by atoms with Gasteiger partial charge in [-0.15, -0.1) is 0 Å². The molecule has 9 heteroatoms. The number of pyridine rings is 1. The number of carbonyl (C=O) groups is 1. The Labute approximate surface area is 206 Å². The average Bonchev–Trinajstić information content (AvgIpc) is 3.31. The van der Waals surface area contributed by atoms with Crippen molar-refractivity contribution in [1.82, 2.24) is 20.2 Å². The minimum atomic E-state index is -4.42. The van der Waals surface area contributed by atoms with Gasteiger partial charge in [-0.05, 0) is 41.8 Å². The van der Waals surface area contributed by atoms with Crippen molar-refractivity contribution < 1.29 is 22.4 Å². The van der Waals surface area contributed by atoms with Crippen LogP contribution in [-0.2, 0) is 32.4 Å². The fraction of sp³-hybridized carbons (Fsp3) is 0.222. The lowest BCUT2D eigenvalue weighted by Gasteiger charge is -2.22. The average molecular weight is 495 g/mol. The van der Waals surface area contributed by atoms with Crippen molar-refractivity contribution in [1.29, 1.82) is 0 Å². The normalized spacial score (nSPS) is 11.6. The van der Waals surface area contributed by atoms with Crippen LogP contribution >= 0.6 is 0 Å². The molecule has 0 radical (unpaired) electrons. The highest BCUT2D eigenvalue weighted by Gasteiger charge is 2.30. The molecule has 1 amide bonds. The van der Waals surface area contributed by atoms with Crippen molar-refractivity contribution in [3.8, 4) is 0 Å². The Morgan fingerprint density at radius 2 is 1.64 bits per heavy atom. The number of amides is 1. The van der Waals surface area contributed by atoms with Gasteiger partial charge in [0.05, 0.1) is 12.1 Å². The summed E-state index contributed by atoms with van der Waals surface area (Å²) in [7, 11) is 0. The Morgan fingerprint density at radius 3 is 2.33 bits per heavy atom. The fourth-order valence-electron chi connectivity index (χ4n) is 3.79. The molecule has 0 spiro atoms. The molecule has 4 aromatic rings. The van der Waals surface area contributed by atoms with Crippen LogP contribution in [0.3, 0.4) is 0 Å². The van der Waals surface area contributed by atoms with Gasteiger partial charge in [0, 0.05) is 32.0 Å². The van der Waals surface area contributed by atoms with Gasteiger partial charge in [0.15, 0.2) is 5.69 Å². The fourth-order valence-corrected chi connectivity index (χ4v) is 3.79. The maximum absolute atomic E-state index is 13.2. The van der Waals surface area contributed by atoms with Gasteiger partial charge in [0.1, 0.15) is 6.26 Å². The highest BCUT2D eigenvalue weighted by molar-refractivity contribution is 5.91. The zero-order valence-corrected chi connectivity index (χ0v) is 19.6. The summed E-state index contributed by atoms with van der Waals surface area (Å²) < 4.78 is 45.2. The summed E-state index contributed by atoms with van der Waals surface area (Å²) >= 11 is 0. The number of hydrogen-bond donors (Lipinski definition) is 1. The van der Waals surface area contributed by atoms with Gasteiger partial charge in [0.2, 0.25) is 5.89 Å². The molecule has 6 nitrogen and oxygen atoms in total. The van der Waals surface area contributed by atoms with E-state index < -0.39 is 11.7 Å². The monoisotopic (exact) mass is 494 g/mol. The third-order valence-electron chi connectivity index (χ3n) is 5.49. The molecule has 0 saturated carbocycles. The zero-order valence-electron chi connectivity index (χ0n) is 19.6. The SMILES string of the molecule is Cc1cccc(CN(Cc2cccc(C(F)(F)F)c2)Cc2nc(C(=O)NCc3ccncc3)co2)c1. The molecule has 1 N–H and O–H groups in total. The molecular weight excluding hydrogens is 469 g/mol.